The highest BCUT2D eigenvalue weighted by Crippen LogP contribution is 2.29. The molecule has 1 heterocycles. The van der Waals surface area contributed by atoms with E-state index in [1.165, 1.54) is 0 Å². The van der Waals surface area contributed by atoms with Crippen molar-refractivity contribution >= 4 is 41.8 Å². The maximum atomic E-state index is 12.6. The molecule has 31 heavy (non-hydrogen) atoms. The number of hydrogen-bond acceptors (Lipinski definition) is 3. The first-order chi connectivity index (χ1) is 14.2. The Morgan fingerprint density at radius 1 is 1.16 bits per heavy atom. The van der Waals surface area contributed by atoms with Gasteiger partial charge in [0.25, 0.3) is 5.91 Å². The van der Waals surface area contributed by atoms with E-state index in [9.17, 15) is 22.8 Å². The second-order valence-electron chi connectivity index (χ2n) is 6.91. The third kappa shape index (κ3) is 8.54. The smallest absolute Gasteiger partial charge is 0.357 e. The van der Waals surface area contributed by atoms with Crippen LogP contribution in [0.1, 0.15) is 42.6 Å². The molecule has 1 unspecified atom stereocenters. The van der Waals surface area contributed by atoms with Crippen LogP contribution in [-0.2, 0) is 11.0 Å². The van der Waals surface area contributed by atoms with Crippen molar-refractivity contribution in [3.05, 3.63) is 35.4 Å². The number of amides is 2. The van der Waals surface area contributed by atoms with Gasteiger partial charge in [-0.25, -0.2) is 0 Å². The van der Waals surface area contributed by atoms with E-state index in [4.69, 9.17) is 0 Å². The summed E-state index contributed by atoms with van der Waals surface area (Å²) in [6.07, 6.45) is -3.11. The SMILES string of the molecule is CCNC(=NCCNC(=O)c1ccc(C(F)(F)F)cc1)NC1CCN(C(=O)CC)C1.I. The quantitative estimate of drug-likeness (QED) is 0.209. The Hall–Kier alpha value is -2.05. The van der Waals surface area contributed by atoms with Gasteiger partial charge in [-0.2, -0.15) is 13.2 Å². The highest BCUT2D eigenvalue weighted by molar-refractivity contribution is 14.0. The van der Waals surface area contributed by atoms with E-state index in [2.05, 4.69) is 20.9 Å². The topological polar surface area (TPSA) is 85.8 Å². The predicted octanol–water partition coefficient (Wildman–Crippen LogP) is 2.62. The zero-order chi connectivity index (χ0) is 22.1. The molecule has 7 nitrogen and oxygen atoms in total. The molecule has 1 aromatic rings. The Morgan fingerprint density at radius 3 is 2.42 bits per heavy atom. The molecule has 2 amide bonds. The van der Waals surface area contributed by atoms with Gasteiger partial charge in [-0.1, -0.05) is 6.92 Å². The summed E-state index contributed by atoms with van der Waals surface area (Å²) < 4.78 is 37.8. The van der Waals surface area contributed by atoms with Crippen LogP contribution in [0.2, 0.25) is 0 Å². The molecule has 1 aliphatic rings. The highest BCUT2D eigenvalue weighted by atomic mass is 127. The standard InChI is InChI=1S/C20H28F3N5O2.HI/c1-3-17(29)28-12-9-16(13-28)27-19(24-4-2)26-11-10-25-18(30)14-5-7-15(8-6-14)20(21,22)23;/h5-8,16H,3-4,9-13H2,1-2H3,(H,25,30)(H2,24,26,27);1H. The van der Waals surface area contributed by atoms with Crippen LogP contribution in [0.15, 0.2) is 29.3 Å². The lowest BCUT2D eigenvalue weighted by atomic mass is 10.1. The number of rotatable bonds is 7. The van der Waals surface area contributed by atoms with Crippen LogP contribution < -0.4 is 16.0 Å². The van der Waals surface area contributed by atoms with Gasteiger partial charge < -0.3 is 20.9 Å². The number of carbonyl (C=O) groups is 2. The molecule has 2 rings (SSSR count). The van der Waals surface area contributed by atoms with Crippen molar-refractivity contribution in [2.75, 3.05) is 32.7 Å². The molecule has 1 aromatic carbocycles. The average Bonchev–Trinajstić information content (AvgIpc) is 3.18. The number of guanidine groups is 1. The summed E-state index contributed by atoms with van der Waals surface area (Å²) in [6.45, 7) is 6.31. The van der Waals surface area contributed by atoms with Crippen LogP contribution in [0.3, 0.4) is 0 Å². The molecular formula is C20H29F3IN5O2. The van der Waals surface area contributed by atoms with Crippen LogP contribution in [-0.4, -0.2) is 61.4 Å². The van der Waals surface area contributed by atoms with E-state index in [-0.39, 0.29) is 48.0 Å². The first kappa shape index (κ1) is 27.0. The first-order valence-corrected chi connectivity index (χ1v) is 10.0. The van der Waals surface area contributed by atoms with Crippen LogP contribution >= 0.6 is 24.0 Å². The van der Waals surface area contributed by atoms with Gasteiger partial charge in [-0.05, 0) is 37.6 Å². The van der Waals surface area contributed by atoms with Crippen LogP contribution in [0, 0.1) is 0 Å². The van der Waals surface area contributed by atoms with Crippen molar-refractivity contribution in [1.82, 2.24) is 20.9 Å². The van der Waals surface area contributed by atoms with Gasteiger partial charge in [-0.15, -0.1) is 24.0 Å². The number of nitrogens with one attached hydrogen (secondary N) is 3. The van der Waals surface area contributed by atoms with Crippen LogP contribution in [0.5, 0.6) is 0 Å². The molecule has 0 saturated carbocycles. The second-order valence-corrected chi connectivity index (χ2v) is 6.91. The number of benzene rings is 1. The fourth-order valence-corrected chi connectivity index (χ4v) is 3.09. The number of hydrogen-bond donors (Lipinski definition) is 3. The maximum absolute atomic E-state index is 12.6. The van der Waals surface area contributed by atoms with Crippen molar-refractivity contribution in [3.8, 4) is 0 Å². The molecule has 1 fully saturated rings. The van der Waals surface area contributed by atoms with Gasteiger partial charge in [0.1, 0.15) is 0 Å². The van der Waals surface area contributed by atoms with E-state index in [1.807, 2.05) is 18.7 Å². The lowest BCUT2D eigenvalue weighted by molar-refractivity contribution is -0.137. The van der Waals surface area contributed by atoms with Crippen molar-refractivity contribution in [2.45, 2.75) is 38.9 Å². The Kier molecular flexibility index (Phi) is 11.1. The monoisotopic (exact) mass is 555 g/mol. The van der Waals surface area contributed by atoms with Gasteiger partial charge in [0.2, 0.25) is 5.91 Å². The normalized spacial score (nSPS) is 16.5. The number of alkyl halides is 3. The fraction of sp³-hybridized carbons (Fsp3) is 0.550. The Morgan fingerprint density at radius 2 is 1.84 bits per heavy atom. The van der Waals surface area contributed by atoms with Crippen molar-refractivity contribution in [3.63, 3.8) is 0 Å². The summed E-state index contributed by atoms with van der Waals surface area (Å²) in [5.74, 6) is 0.269. The summed E-state index contributed by atoms with van der Waals surface area (Å²) >= 11 is 0. The lowest BCUT2D eigenvalue weighted by Gasteiger charge is -2.18. The van der Waals surface area contributed by atoms with Crippen molar-refractivity contribution in [1.29, 1.82) is 0 Å². The maximum Gasteiger partial charge on any atom is 0.416 e. The lowest BCUT2D eigenvalue weighted by Crippen LogP contribution is -2.45. The Balaban J connectivity index is 0.00000480. The number of likely N-dealkylation sites (tertiary alicyclic amines) is 1. The van der Waals surface area contributed by atoms with Crippen LogP contribution in [0.4, 0.5) is 13.2 Å². The summed E-state index contributed by atoms with van der Waals surface area (Å²) in [6, 6.07) is 4.18. The number of halogens is 4. The molecule has 1 aliphatic heterocycles. The number of nitrogens with zero attached hydrogens (tertiary/aromatic N) is 2. The molecule has 1 atom stereocenters. The molecule has 174 valence electrons. The molecule has 0 spiro atoms. The molecular weight excluding hydrogens is 526 g/mol. The van der Waals surface area contributed by atoms with Gasteiger partial charge in [0.15, 0.2) is 5.96 Å². The number of carbonyl (C=O) groups excluding carboxylic acids is 2. The fourth-order valence-electron chi connectivity index (χ4n) is 3.09. The van der Waals surface area contributed by atoms with Gasteiger partial charge in [-0.3, -0.25) is 14.6 Å². The largest absolute Gasteiger partial charge is 0.416 e. The van der Waals surface area contributed by atoms with Gasteiger partial charge >= 0.3 is 6.18 Å². The minimum absolute atomic E-state index is 0. The predicted molar refractivity (Wildman–Crippen MR) is 124 cm³/mol. The minimum Gasteiger partial charge on any atom is -0.357 e. The van der Waals surface area contributed by atoms with E-state index >= 15 is 0 Å². The van der Waals surface area contributed by atoms with E-state index in [1.54, 1.807) is 0 Å². The molecule has 3 N–H and O–H groups in total. The Labute approximate surface area is 197 Å². The molecule has 0 aromatic heterocycles. The van der Waals surface area contributed by atoms with Crippen LogP contribution in [0.25, 0.3) is 0 Å². The minimum atomic E-state index is -4.43. The van der Waals surface area contributed by atoms with Crippen molar-refractivity contribution < 1.29 is 22.8 Å². The molecule has 0 radical (unpaired) electrons. The van der Waals surface area contributed by atoms with E-state index in [0.717, 1.165) is 30.7 Å². The summed E-state index contributed by atoms with van der Waals surface area (Å²) in [5.41, 5.74) is -0.639. The molecule has 11 heteroatoms. The summed E-state index contributed by atoms with van der Waals surface area (Å²) in [4.78, 5) is 30.1. The molecule has 1 saturated heterocycles. The van der Waals surface area contributed by atoms with Gasteiger partial charge in [0.05, 0.1) is 12.1 Å². The van der Waals surface area contributed by atoms with E-state index in [0.29, 0.717) is 38.6 Å². The molecule has 0 bridgehead atoms. The Bertz CT molecular complexity index is 756. The summed E-state index contributed by atoms with van der Waals surface area (Å²) in [5, 5.41) is 9.06. The highest BCUT2D eigenvalue weighted by Gasteiger charge is 2.30. The van der Waals surface area contributed by atoms with E-state index < -0.39 is 17.6 Å². The zero-order valence-corrected chi connectivity index (χ0v) is 19.9. The van der Waals surface area contributed by atoms with Gasteiger partial charge in [0, 0.05) is 44.2 Å². The second kappa shape index (κ2) is 12.7. The third-order valence-corrected chi connectivity index (χ3v) is 4.67. The zero-order valence-electron chi connectivity index (χ0n) is 17.6. The van der Waals surface area contributed by atoms with Crippen molar-refractivity contribution in [2.24, 2.45) is 4.99 Å². The third-order valence-electron chi connectivity index (χ3n) is 4.67. The first-order valence-electron chi connectivity index (χ1n) is 10.0. The average molecular weight is 555 g/mol. The molecule has 0 aliphatic carbocycles. The number of aliphatic imine (C=N–C) groups is 1. The summed E-state index contributed by atoms with van der Waals surface area (Å²) in [7, 11) is 0.